The molecule has 1 amide bonds. The summed E-state index contributed by atoms with van der Waals surface area (Å²) in [5, 5.41) is 3.03. The molecule has 3 aromatic rings. The third-order valence-electron chi connectivity index (χ3n) is 5.55. The Hall–Kier alpha value is -3.40. The van der Waals surface area contributed by atoms with Gasteiger partial charge in [0.1, 0.15) is 5.75 Å². The Kier molecular flexibility index (Phi) is 4.27. The van der Waals surface area contributed by atoms with Crippen molar-refractivity contribution in [1.82, 2.24) is 5.32 Å². The van der Waals surface area contributed by atoms with Crippen molar-refractivity contribution < 1.29 is 14.3 Å². The van der Waals surface area contributed by atoms with Crippen LogP contribution >= 0.6 is 0 Å². The lowest BCUT2D eigenvalue weighted by Crippen LogP contribution is -2.65. The van der Waals surface area contributed by atoms with E-state index in [1.165, 1.54) is 0 Å². The van der Waals surface area contributed by atoms with Gasteiger partial charge in [-0.1, -0.05) is 80.6 Å². The Bertz CT molecular complexity index is 1030. The van der Waals surface area contributed by atoms with Crippen LogP contribution < -0.4 is 10.1 Å². The van der Waals surface area contributed by atoms with E-state index < -0.39 is 16.9 Å². The summed E-state index contributed by atoms with van der Waals surface area (Å²) in [6.07, 6.45) is 0. The molecule has 1 aliphatic rings. The van der Waals surface area contributed by atoms with Gasteiger partial charge < -0.3 is 10.1 Å². The number of esters is 1. The van der Waals surface area contributed by atoms with E-state index in [1.807, 2.05) is 68.4 Å². The van der Waals surface area contributed by atoms with Crippen LogP contribution in [0.5, 0.6) is 5.75 Å². The lowest BCUT2D eigenvalue weighted by Gasteiger charge is -2.48. The third-order valence-corrected chi connectivity index (χ3v) is 5.55. The molecule has 0 aliphatic carbocycles. The van der Waals surface area contributed by atoms with Gasteiger partial charge in [0.2, 0.25) is 0 Å². The molecule has 140 valence electrons. The second kappa shape index (κ2) is 6.64. The summed E-state index contributed by atoms with van der Waals surface area (Å²) in [5.74, 6) is -0.293. The molecule has 1 aliphatic heterocycles. The quantitative estimate of drug-likeness (QED) is 0.554. The Labute approximate surface area is 164 Å². The molecule has 4 heteroatoms. The van der Waals surface area contributed by atoms with Gasteiger partial charge in [-0.25, -0.2) is 4.79 Å². The van der Waals surface area contributed by atoms with E-state index in [1.54, 1.807) is 30.3 Å². The number of fused-ring (bicyclic) bond motifs is 1. The van der Waals surface area contributed by atoms with Crippen molar-refractivity contribution in [1.29, 1.82) is 0 Å². The van der Waals surface area contributed by atoms with E-state index in [4.69, 9.17) is 4.74 Å². The van der Waals surface area contributed by atoms with Crippen molar-refractivity contribution in [3.63, 3.8) is 0 Å². The number of nitrogens with one attached hydrogen (secondary N) is 1. The standard InChI is InChI=1S/C24H21NO3/c1-23(2)19-15-9-10-16-20(19)28-22(27)24(23,18-13-7-4-8-14-18)25-21(26)17-11-5-3-6-12-17/h3-16H,1-2H3,(H,25,26)/t24-/m1/s1. The lowest BCUT2D eigenvalue weighted by atomic mass is 9.62. The van der Waals surface area contributed by atoms with E-state index in [9.17, 15) is 9.59 Å². The number of para-hydroxylation sites is 1. The van der Waals surface area contributed by atoms with Crippen LogP contribution in [0.25, 0.3) is 0 Å². The molecule has 0 unspecified atom stereocenters. The summed E-state index contributed by atoms with van der Waals surface area (Å²) in [4.78, 5) is 26.5. The molecule has 1 heterocycles. The van der Waals surface area contributed by atoms with E-state index in [-0.39, 0.29) is 5.91 Å². The number of benzene rings is 3. The SMILES string of the molecule is CC1(C)c2ccccc2OC(=O)[C@]1(NC(=O)c1ccccc1)c1ccccc1. The van der Waals surface area contributed by atoms with Gasteiger partial charge >= 0.3 is 5.97 Å². The molecule has 0 saturated heterocycles. The highest BCUT2D eigenvalue weighted by molar-refractivity contribution is 6.00. The summed E-state index contributed by atoms with van der Waals surface area (Å²) in [7, 11) is 0. The number of hydrogen-bond donors (Lipinski definition) is 1. The second-order valence-corrected chi connectivity index (χ2v) is 7.45. The van der Waals surface area contributed by atoms with Crippen LogP contribution in [-0.4, -0.2) is 11.9 Å². The number of ether oxygens (including phenoxy) is 1. The highest BCUT2D eigenvalue weighted by Crippen LogP contribution is 2.49. The van der Waals surface area contributed by atoms with Crippen LogP contribution in [0.1, 0.15) is 35.3 Å². The molecule has 28 heavy (non-hydrogen) atoms. The normalized spacial score (nSPS) is 20.0. The van der Waals surface area contributed by atoms with Gasteiger partial charge in [0.15, 0.2) is 5.54 Å². The first-order valence-corrected chi connectivity index (χ1v) is 9.22. The summed E-state index contributed by atoms with van der Waals surface area (Å²) in [6, 6.07) is 25.6. The first kappa shape index (κ1) is 18.0. The molecule has 3 aromatic carbocycles. The fourth-order valence-electron chi connectivity index (χ4n) is 3.98. The maximum absolute atomic E-state index is 13.4. The topological polar surface area (TPSA) is 55.4 Å². The molecule has 0 spiro atoms. The molecule has 0 bridgehead atoms. The van der Waals surface area contributed by atoms with Crippen LogP contribution in [0.15, 0.2) is 84.9 Å². The van der Waals surface area contributed by atoms with Crippen molar-refractivity contribution >= 4 is 11.9 Å². The number of carbonyl (C=O) groups is 2. The van der Waals surface area contributed by atoms with E-state index in [0.717, 1.165) is 5.56 Å². The zero-order chi connectivity index (χ0) is 19.8. The Morgan fingerprint density at radius 1 is 0.821 bits per heavy atom. The number of amides is 1. The maximum atomic E-state index is 13.4. The molecule has 0 saturated carbocycles. The molecular weight excluding hydrogens is 350 g/mol. The molecule has 0 fully saturated rings. The van der Waals surface area contributed by atoms with Crippen LogP contribution in [0.4, 0.5) is 0 Å². The Morgan fingerprint density at radius 3 is 2.07 bits per heavy atom. The van der Waals surface area contributed by atoms with Crippen molar-refractivity contribution in [2.24, 2.45) is 0 Å². The second-order valence-electron chi connectivity index (χ2n) is 7.45. The first-order chi connectivity index (χ1) is 13.5. The fraction of sp³-hybridized carbons (Fsp3) is 0.167. The molecule has 1 N–H and O–H groups in total. The van der Waals surface area contributed by atoms with Gasteiger partial charge in [0.25, 0.3) is 5.91 Å². The first-order valence-electron chi connectivity index (χ1n) is 9.22. The van der Waals surface area contributed by atoms with E-state index in [0.29, 0.717) is 16.9 Å². The van der Waals surface area contributed by atoms with Gasteiger partial charge in [-0.05, 0) is 23.8 Å². The highest BCUT2D eigenvalue weighted by Gasteiger charge is 2.59. The molecule has 0 aromatic heterocycles. The predicted octanol–water partition coefficient (Wildman–Crippen LogP) is 4.21. The number of rotatable bonds is 3. The van der Waals surface area contributed by atoms with Crippen LogP contribution in [0.3, 0.4) is 0 Å². The van der Waals surface area contributed by atoms with Crippen molar-refractivity contribution in [3.8, 4) is 5.75 Å². The van der Waals surface area contributed by atoms with Crippen LogP contribution in [-0.2, 0) is 15.7 Å². The average Bonchev–Trinajstić information content (AvgIpc) is 2.72. The monoisotopic (exact) mass is 371 g/mol. The summed E-state index contributed by atoms with van der Waals surface area (Å²) >= 11 is 0. The molecule has 1 atom stereocenters. The van der Waals surface area contributed by atoms with Crippen molar-refractivity contribution in [2.45, 2.75) is 24.8 Å². The third kappa shape index (κ3) is 2.61. The zero-order valence-electron chi connectivity index (χ0n) is 15.8. The minimum atomic E-state index is -1.37. The average molecular weight is 371 g/mol. The van der Waals surface area contributed by atoms with Gasteiger partial charge in [-0.15, -0.1) is 0 Å². The smallest absolute Gasteiger partial charge is 0.342 e. The summed E-state index contributed by atoms with van der Waals surface area (Å²) in [5.41, 5.74) is -0.0730. The lowest BCUT2D eigenvalue weighted by molar-refractivity contribution is -0.147. The Balaban J connectivity index is 1.92. The van der Waals surface area contributed by atoms with E-state index >= 15 is 0 Å². The summed E-state index contributed by atoms with van der Waals surface area (Å²) < 4.78 is 5.72. The van der Waals surface area contributed by atoms with Gasteiger partial charge in [-0.3, -0.25) is 4.79 Å². The maximum Gasteiger partial charge on any atom is 0.342 e. The van der Waals surface area contributed by atoms with Gasteiger partial charge in [-0.2, -0.15) is 0 Å². The van der Waals surface area contributed by atoms with E-state index in [2.05, 4.69) is 5.32 Å². The molecular formula is C24H21NO3. The van der Waals surface area contributed by atoms with Crippen LogP contribution in [0, 0.1) is 0 Å². The van der Waals surface area contributed by atoms with Crippen molar-refractivity contribution in [3.05, 3.63) is 102 Å². The predicted molar refractivity (Wildman–Crippen MR) is 107 cm³/mol. The molecule has 0 radical (unpaired) electrons. The zero-order valence-corrected chi connectivity index (χ0v) is 15.8. The van der Waals surface area contributed by atoms with Gasteiger partial charge in [0, 0.05) is 16.5 Å². The number of hydrogen-bond acceptors (Lipinski definition) is 3. The minimum absolute atomic E-state index is 0.325. The van der Waals surface area contributed by atoms with Gasteiger partial charge in [0.05, 0.1) is 0 Å². The molecule has 4 nitrogen and oxygen atoms in total. The Morgan fingerprint density at radius 2 is 1.39 bits per heavy atom. The van der Waals surface area contributed by atoms with Crippen molar-refractivity contribution in [2.75, 3.05) is 0 Å². The largest absolute Gasteiger partial charge is 0.424 e. The summed E-state index contributed by atoms with van der Waals surface area (Å²) in [6.45, 7) is 3.93. The highest BCUT2D eigenvalue weighted by atomic mass is 16.5. The number of carbonyl (C=O) groups excluding carboxylic acids is 2. The molecule has 4 rings (SSSR count). The minimum Gasteiger partial charge on any atom is -0.424 e. The fourth-order valence-corrected chi connectivity index (χ4v) is 3.98. The van der Waals surface area contributed by atoms with Crippen LogP contribution in [0.2, 0.25) is 0 Å².